The summed E-state index contributed by atoms with van der Waals surface area (Å²) in [6.45, 7) is 0. The lowest BCUT2D eigenvalue weighted by atomic mass is 10.1. The number of anilines is 1. The van der Waals surface area contributed by atoms with Crippen molar-refractivity contribution in [3.63, 3.8) is 0 Å². The third-order valence-electron chi connectivity index (χ3n) is 2.79. The second kappa shape index (κ2) is 5.10. The summed E-state index contributed by atoms with van der Waals surface area (Å²) < 4.78 is 28.5. The predicted molar refractivity (Wildman–Crippen MR) is 73.9 cm³/mol. The van der Waals surface area contributed by atoms with Gasteiger partial charge in [0.25, 0.3) is 0 Å². The number of nitrogens with zero attached hydrogens (tertiary/aromatic N) is 4. The molecule has 1 heterocycles. The average Bonchev–Trinajstić information content (AvgIpc) is 2.89. The lowest BCUT2D eigenvalue weighted by Gasteiger charge is -2.07. The summed E-state index contributed by atoms with van der Waals surface area (Å²) >= 11 is 5.81. The predicted octanol–water partition coefficient (Wildman–Crippen LogP) is 2.84. The van der Waals surface area contributed by atoms with E-state index in [1.54, 1.807) is 0 Å². The summed E-state index contributed by atoms with van der Waals surface area (Å²) in [5, 5.41) is 11.2. The first-order valence-electron chi connectivity index (χ1n) is 5.85. The van der Waals surface area contributed by atoms with Crippen LogP contribution in [0.25, 0.3) is 17.1 Å². The van der Waals surface area contributed by atoms with Crippen molar-refractivity contribution < 1.29 is 8.78 Å². The van der Waals surface area contributed by atoms with Crippen molar-refractivity contribution in [2.45, 2.75) is 0 Å². The Balaban J connectivity index is 2.19. The van der Waals surface area contributed by atoms with Crippen molar-refractivity contribution in [2.75, 3.05) is 5.73 Å². The summed E-state index contributed by atoms with van der Waals surface area (Å²) in [4.78, 5) is 0. The third kappa shape index (κ3) is 2.55. The number of tetrazole rings is 1. The molecule has 2 N–H and O–H groups in total. The lowest BCUT2D eigenvalue weighted by Crippen LogP contribution is -2.02. The van der Waals surface area contributed by atoms with Gasteiger partial charge in [-0.3, -0.25) is 0 Å². The second-order valence-corrected chi connectivity index (χ2v) is 4.72. The number of aromatic nitrogens is 4. The van der Waals surface area contributed by atoms with E-state index in [9.17, 15) is 8.78 Å². The van der Waals surface area contributed by atoms with Crippen molar-refractivity contribution in [2.24, 2.45) is 0 Å². The summed E-state index contributed by atoms with van der Waals surface area (Å²) in [6, 6.07) is 7.84. The van der Waals surface area contributed by atoms with Crippen LogP contribution >= 0.6 is 11.6 Å². The van der Waals surface area contributed by atoms with Gasteiger partial charge in [-0.05, 0) is 46.8 Å². The number of rotatable bonds is 2. The molecule has 0 fully saturated rings. The maximum atomic E-state index is 13.9. The van der Waals surface area contributed by atoms with Crippen molar-refractivity contribution in [1.82, 2.24) is 20.2 Å². The molecule has 0 amide bonds. The van der Waals surface area contributed by atoms with Gasteiger partial charge in [-0.25, -0.2) is 8.78 Å². The molecule has 0 atom stereocenters. The number of hydrogen-bond donors (Lipinski definition) is 1. The summed E-state index contributed by atoms with van der Waals surface area (Å²) in [6.07, 6.45) is 0. The molecule has 0 spiro atoms. The van der Waals surface area contributed by atoms with Crippen LogP contribution in [0.5, 0.6) is 0 Å². The maximum Gasteiger partial charge on any atom is 0.190 e. The Morgan fingerprint density at radius 3 is 2.67 bits per heavy atom. The minimum absolute atomic E-state index is 0.0986. The van der Waals surface area contributed by atoms with Crippen LogP contribution < -0.4 is 5.73 Å². The average molecular weight is 308 g/mol. The summed E-state index contributed by atoms with van der Waals surface area (Å²) in [7, 11) is 0. The number of halogens is 3. The van der Waals surface area contributed by atoms with Gasteiger partial charge < -0.3 is 5.73 Å². The van der Waals surface area contributed by atoms with E-state index in [1.807, 2.05) is 0 Å². The SMILES string of the molecule is Nc1ccc(F)c(-c2nnnn2-c2cc(F)cc(Cl)c2)c1. The van der Waals surface area contributed by atoms with Crippen LogP contribution in [-0.4, -0.2) is 20.2 Å². The van der Waals surface area contributed by atoms with Gasteiger partial charge in [-0.2, -0.15) is 4.68 Å². The van der Waals surface area contributed by atoms with Gasteiger partial charge in [0.1, 0.15) is 11.6 Å². The van der Waals surface area contributed by atoms with Crippen molar-refractivity contribution in [3.8, 4) is 17.1 Å². The molecule has 3 aromatic rings. The molecule has 0 aliphatic heterocycles. The molecule has 21 heavy (non-hydrogen) atoms. The zero-order chi connectivity index (χ0) is 15.0. The Hall–Kier alpha value is -2.54. The number of hydrogen-bond acceptors (Lipinski definition) is 4. The monoisotopic (exact) mass is 307 g/mol. The fourth-order valence-corrected chi connectivity index (χ4v) is 2.12. The van der Waals surface area contributed by atoms with E-state index in [1.165, 1.54) is 35.0 Å². The van der Waals surface area contributed by atoms with Crippen molar-refractivity contribution in [3.05, 3.63) is 53.1 Å². The standard InChI is InChI=1S/C13H8ClF2N5/c14-7-3-8(15)5-10(4-7)21-13(18-19-20-21)11-6-9(17)1-2-12(11)16/h1-6H,17H2. The largest absolute Gasteiger partial charge is 0.399 e. The zero-order valence-electron chi connectivity index (χ0n) is 10.5. The highest BCUT2D eigenvalue weighted by Gasteiger charge is 2.16. The quantitative estimate of drug-likeness (QED) is 0.739. The van der Waals surface area contributed by atoms with E-state index >= 15 is 0 Å². The molecule has 0 aliphatic rings. The van der Waals surface area contributed by atoms with Crippen LogP contribution in [0.1, 0.15) is 0 Å². The van der Waals surface area contributed by atoms with Gasteiger partial charge in [0, 0.05) is 10.7 Å². The van der Waals surface area contributed by atoms with Gasteiger partial charge in [0.05, 0.1) is 11.3 Å². The van der Waals surface area contributed by atoms with E-state index in [0.717, 1.165) is 6.07 Å². The normalized spacial score (nSPS) is 10.8. The van der Waals surface area contributed by atoms with Crippen molar-refractivity contribution in [1.29, 1.82) is 0 Å². The Morgan fingerprint density at radius 2 is 1.90 bits per heavy atom. The van der Waals surface area contributed by atoms with Crippen LogP contribution in [0.2, 0.25) is 5.02 Å². The number of nitrogens with two attached hydrogens (primary N) is 1. The molecule has 8 heteroatoms. The molecule has 0 unspecified atom stereocenters. The Labute approximate surface area is 123 Å². The number of nitrogen functional groups attached to an aromatic ring is 1. The molecule has 106 valence electrons. The van der Waals surface area contributed by atoms with E-state index in [4.69, 9.17) is 17.3 Å². The molecular weight excluding hydrogens is 300 g/mol. The van der Waals surface area contributed by atoms with Gasteiger partial charge >= 0.3 is 0 Å². The molecular formula is C13H8ClF2N5. The van der Waals surface area contributed by atoms with Crippen LogP contribution in [0, 0.1) is 11.6 Å². The van der Waals surface area contributed by atoms with Crippen LogP contribution in [0.3, 0.4) is 0 Å². The molecule has 0 saturated carbocycles. The highest BCUT2D eigenvalue weighted by Crippen LogP contribution is 2.26. The second-order valence-electron chi connectivity index (χ2n) is 4.28. The fourth-order valence-electron chi connectivity index (χ4n) is 1.90. The van der Waals surface area contributed by atoms with E-state index in [0.29, 0.717) is 5.69 Å². The molecule has 0 radical (unpaired) electrons. The van der Waals surface area contributed by atoms with Crippen LogP contribution in [0.4, 0.5) is 14.5 Å². The van der Waals surface area contributed by atoms with E-state index in [-0.39, 0.29) is 22.1 Å². The van der Waals surface area contributed by atoms with Gasteiger partial charge in [0.15, 0.2) is 5.82 Å². The Bertz CT molecular complexity index is 798. The smallest absolute Gasteiger partial charge is 0.190 e. The molecule has 5 nitrogen and oxygen atoms in total. The van der Waals surface area contributed by atoms with Gasteiger partial charge in [-0.15, -0.1) is 5.10 Å². The maximum absolute atomic E-state index is 13.9. The molecule has 0 saturated heterocycles. The van der Waals surface area contributed by atoms with Crippen LogP contribution in [0.15, 0.2) is 36.4 Å². The summed E-state index contributed by atoms with van der Waals surface area (Å²) in [5.41, 5.74) is 6.40. The molecule has 3 rings (SSSR count). The summed E-state index contributed by atoms with van der Waals surface area (Å²) in [5.74, 6) is -0.990. The molecule has 0 bridgehead atoms. The highest BCUT2D eigenvalue weighted by atomic mass is 35.5. The lowest BCUT2D eigenvalue weighted by molar-refractivity contribution is 0.624. The molecule has 2 aromatic carbocycles. The first-order valence-corrected chi connectivity index (χ1v) is 6.22. The van der Waals surface area contributed by atoms with Gasteiger partial charge in [-0.1, -0.05) is 11.6 Å². The van der Waals surface area contributed by atoms with E-state index < -0.39 is 11.6 Å². The minimum atomic E-state index is -0.549. The first kappa shape index (κ1) is 13.4. The minimum Gasteiger partial charge on any atom is -0.399 e. The highest BCUT2D eigenvalue weighted by molar-refractivity contribution is 6.30. The first-order chi connectivity index (χ1) is 10.0. The topological polar surface area (TPSA) is 69.6 Å². The van der Waals surface area contributed by atoms with Crippen LogP contribution in [-0.2, 0) is 0 Å². The third-order valence-corrected chi connectivity index (χ3v) is 3.01. The molecule has 0 aliphatic carbocycles. The van der Waals surface area contributed by atoms with E-state index in [2.05, 4.69) is 15.5 Å². The van der Waals surface area contributed by atoms with Crippen molar-refractivity contribution >= 4 is 17.3 Å². The molecule has 1 aromatic heterocycles. The Morgan fingerprint density at radius 1 is 1.10 bits per heavy atom. The van der Waals surface area contributed by atoms with Gasteiger partial charge in [0.2, 0.25) is 0 Å². The zero-order valence-corrected chi connectivity index (χ0v) is 11.2. The Kier molecular flexibility index (Phi) is 3.26. The number of benzene rings is 2. The fraction of sp³-hybridized carbons (Fsp3) is 0.